The Hall–Kier alpha value is -0.830. The number of aryl methyl sites for hydroxylation is 2. The summed E-state index contributed by atoms with van der Waals surface area (Å²) in [6.45, 7) is 2.33. The van der Waals surface area contributed by atoms with Gasteiger partial charge in [-0.2, -0.15) is 5.10 Å². The molecule has 0 saturated heterocycles. The highest BCUT2D eigenvalue weighted by molar-refractivity contribution is 5.02. The van der Waals surface area contributed by atoms with Crippen LogP contribution in [0.5, 0.6) is 0 Å². The van der Waals surface area contributed by atoms with E-state index in [1.54, 1.807) is 0 Å². The van der Waals surface area contributed by atoms with Crippen molar-refractivity contribution in [1.82, 2.24) is 9.78 Å². The van der Waals surface area contributed by atoms with Gasteiger partial charge in [-0.25, -0.2) is 0 Å². The van der Waals surface area contributed by atoms with Crippen LogP contribution in [-0.4, -0.2) is 15.3 Å². The summed E-state index contributed by atoms with van der Waals surface area (Å²) >= 11 is 0. The lowest BCUT2D eigenvalue weighted by atomic mass is 9.75. The first kappa shape index (κ1) is 11.6. The zero-order chi connectivity index (χ0) is 11.6. The standard InChI is InChI=1S/C13H23N3/c1-11-3-7-13(14,8-4-11)9-5-12-6-10-15-16(12)2/h6,10-11H,3-5,7-9,14H2,1-2H3. The Bertz CT molecular complexity index is 335. The van der Waals surface area contributed by atoms with Gasteiger partial charge in [0.25, 0.3) is 0 Å². The quantitative estimate of drug-likeness (QED) is 0.851. The van der Waals surface area contributed by atoms with E-state index < -0.39 is 0 Å². The molecule has 1 heterocycles. The molecule has 2 N–H and O–H groups in total. The minimum absolute atomic E-state index is 0.0801. The van der Waals surface area contributed by atoms with Crippen LogP contribution in [0, 0.1) is 5.92 Å². The van der Waals surface area contributed by atoms with Gasteiger partial charge in [-0.3, -0.25) is 4.68 Å². The van der Waals surface area contributed by atoms with Crippen LogP contribution in [0.25, 0.3) is 0 Å². The molecular weight excluding hydrogens is 198 g/mol. The molecule has 0 atom stereocenters. The van der Waals surface area contributed by atoms with Crippen molar-refractivity contribution in [2.75, 3.05) is 0 Å². The Morgan fingerprint density at radius 1 is 1.50 bits per heavy atom. The summed E-state index contributed by atoms with van der Waals surface area (Å²) in [6, 6.07) is 2.09. The predicted octanol–water partition coefficient (Wildman–Crippen LogP) is 2.26. The van der Waals surface area contributed by atoms with Crippen molar-refractivity contribution in [2.24, 2.45) is 18.7 Å². The Morgan fingerprint density at radius 3 is 2.75 bits per heavy atom. The van der Waals surface area contributed by atoms with Gasteiger partial charge in [-0.15, -0.1) is 0 Å². The van der Waals surface area contributed by atoms with E-state index in [0.29, 0.717) is 0 Å². The van der Waals surface area contributed by atoms with E-state index in [9.17, 15) is 0 Å². The third-order valence-electron chi connectivity index (χ3n) is 4.07. The first-order valence-corrected chi connectivity index (χ1v) is 6.35. The van der Waals surface area contributed by atoms with E-state index in [0.717, 1.165) is 18.8 Å². The van der Waals surface area contributed by atoms with Crippen molar-refractivity contribution in [1.29, 1.82) is 0 Å². The number of hydrogen-bond donors (Lipinski definition) is 1. The summed E-state index contributed by atoms with van der Waals surface area (Å²) in [5.41, 5.74) is 7.83. The minimum atomic E-state index is 0.0801. The summed E-state index contributed by atoms with van der Waals surface area (Å²) in [6.07, 6.45) is 8.98. The van der Waals surface area contributed by atoms with E-state index in [1.807, 2.05) is 17.9 Å². The molecule has 0 aromatic carbocycles. The SMILES string of the molecule is CC1CCC(N)(CCc2ccnn2C)CC1. The molecule has 1 aliphatic carbocycles. The molecule has 1 aliphatic rings. The summed E-state index contributed by atoms with van der Waals surface area (Å²) in [7, 11) is 2.00. The average Bonchev–Trinajstić information content (AvgIpc) is 2.67. The topological polar surface area (TPSA) is 43.8 Å². The molecule has 1 aromatic heterocycles. The second-order valence-electron chi connectivity index (χ2n) is 5.49. The number of nitrogens with two attached hydrogens (primary N) is 1. The van der Waals surface area contributed by atoms with Crippen molar-refractivity contribution >= 4 is 0 Å². The van der Waals surface area contributed by atoms with E-state index in [4.69, 9.17) is 5.73 Å². The molecule has 1 fully saturated rings. The molecule has 0 radical (unpaired) electrons. The van der Waals surface area contributed by atoms with Gasteiger partial charge >= 0.3 is 0 Å². The van der Waals surface area contributed by atoms with Crippen molar-refractivity contribution < 1.29 is 0 Å². The number of hydrogen-bond acceptors (Lipinski definition) is 2. The Balaban J connectivity index is 1.88. The fraction of sp³-hybridized carbons (Fsp3) is 0.769. The van der Waals surface area contributed by atoms with E-state index in [-0.39, 0.29) is 5.54 Å². The molecule has 3 heteroatoms. The molecule has 1 aromatic rings. The number of nitrogens with zero attached hydrogens (tertiary/aromatic N) is 2. The predicted molar refractivity (Wildman–Crippen MR) is 66.1 cm³/mol. The van der Waals surface area contributed by atoms with Gasteiger partial charge in [-0.1, -0.05) is 6.92 Å². The highest BCUT2D eigenvalue weighted by atomic mass is 15.2. The second kappa shape index (κ2) is 4.58. The maximum absolute atomic E-state index is 6.46. The van der Waals surface area contributed by atoms with Crippen LogP contribution >= 0.6 is 0 Å². The van der Waals surface area contributed by atoms with Crippen molar-refractivity contribution in [3.63, 3.8) is 0 Å². The van der Waals surface area contributed by atoms with E-state index in [2.05, 4.69) is 18.1 Å². The Kier molecular flexibility index (Phi) is 3.33. The van der Waals surface area contributed by atoms with Crippen LogP contribution in [0.4, 0.5) is 0 Å². The summed E-state index contributed by atoms with van der Waals surface area (Å²) in [4.78, 5) is 0. The van der Waals surface area contributed by atoms with E-state index in [1.165, 1.54) is 31.4 Å². The van der Waals surface area contributed by atoms with Gasteiger partial charge in [0.05, 0.1) is 0 Å². The molecule has 0 spiro atoms. The van der Waals surface area contributed by atoms with Gasteiger partial charge in [0.15, 0.2) is 0 Å². The third-order valence-corrected chi connectivity index (χ3v) is 4.07. The lowest BCUT2D eigenvalue weighted by molar-refractivity contribution is 0.231. The van der Waals surface area contributed by atoms with Gasteiger partial charge in [0.2, 0.25) is 0 Å². The Labute approximate surface area is 98.0 Å². The van der Waals surface area contributed by atoms with Crippen molar-refractivity contribution in [3.8, 4) is 0 Å². The van der Waals surface area contributed by atoms with Crippen molar-refractivity contribution in [3.05, 3.63) is 18.0 Å². The summed E-state index contributed by atoms with van der Waals surface area (Å²) in [5, 5.41) is 4.19. The number of aromatic nitrogens is 2. The van der Waals surface area contributed by atoms with Crippen LogP contribution < -0.4 is 5.73 Å². The fourth-order valence-electron chi connectivity index (χ4n) is 2.61. The third kappa shape index (κ3) is 2.64. The molecule has 0 aliphatic heterocycles. The molecule has 0 bridgehead atoms. The van der Waals surface area contributed by atoms with Crippen LogP contribution in [0.15, 0.2) is 12.3 Å². The first-order valence-electron chi connectivity index (χ1n) is 6.35. The zero-order valence-corrected chi connectivity index (χ0v) is 10.4. The van der Waals surface area contributed by atoms with Gasteiger partial charge in [0, 0.05) is 24.5 Å². The smallest absolute Gasteiger partial charge is 0.0492 e. The maximum atomic E-state index is 6.46. The lowest BCUT2D eigenvalue weighted by Crippen LogP contribution is -2.43. The molecule has 3 nitrogen and oxygen atoms in total. The first-order chi connectivity index (χ1) is 7.59. The highest BCUT2D eigenvalue weighted by Crippen LogP contribution is 2.32. The largest absolute Gasteiger partial charge is 0.325 e. The average molecular weight is 221 g/mol. The van der Waals surface area contributed by atoms with E-state index >= 15 is 0 Å². The molecule has 2 rings (SSSR count). The lowest BCUT2D eigenvalue weighted by Gasteiger charge is -2.36. The van der Waals surface area contributed by atoms with Crippen molar-refractivity contribution in [2.45, 2.75) is 51.0 Å². The van der Waals surface area contributed by atoms with Crippen LogP contribution in [0.1, 0.15) is 44.7 Å². The van der Waals surface area contributed by atoms with Crippen LogP contribution in [0.2, 0.25) is 0 Å². The van der Waals surface area contributed by atoms with Crippen LogP contribution in [0.3, 0.4) is 0 Å². The fourth-order valence-corrected chi connectivity index (χ4v) is 2.61. The molecule has 1 saturated carbocycles. The molecular formula is C13H23N3. The molecule has 0 unspecified atom stereocenters. The maximum Gasteiger partial charge on any atom is 0.0492 e. The van der Waals surface area contributed by atoms with Gasteiger partial charge in [-0.05, 0) is 50.5 Å². The monoisotopic (exact) mass is 221 g/mol. The zero-order valence-electron chi connectivity index (χ0n) is 10.4. The normalized spacial score (nSPS) is 30.6. The second-order valence-corrected chi connectivity index (χ2v) is 5.49. The molecule has 16 heavy (non-hydrogen) atoms. The molecule has 0 amide bonds. The van der Waals surface area contributed by atoms with Crippen LogP contribution in [-0.2, 0) is 13.5 Å². The minimum Gasteiger partial charge on any atom is -0.325 e. The summed E-state index contributed by atoms with van der Waals surface area (Å²) < 4.78 is 1.95. The van der Waals surface area contributed by atoms with Gasteiger partial charge in [0.1, 0.15) is 0 Å². The Morgan fingerprint density at radius 2 is 2.19 bits per heavy atom. The highest BCUT2D eigenvalue weighted by Gasteiger charge is 2.29. The molecule has 90 valence electrons. The summed E-state index contributed by atoms with van der Waals surface area (Å²) in [5.74, 6) is 0.869. The number of rotatable bonds is 3. The van der Waals surface area contributed by atoms with Gasteiger partial charge < -0.3 is 5.73 Å².